The van der Waals surface area contributed by atoms with E-state index in [9.17, 15) is 59.6 Å². The molecule has 51 heavy (non-hydrogen) atoms. The number of carboxylic acid groups (broad SMARTS) is 1. The Morgan fingerprint density at radius 3 is 2.51 bits per heavy atom. The predicted octanol–water partition coefficient (Wildman–Crippen LogP) is -3.89. The van der Waals surface area contributed by atoms with Crippen molar-refractivity contribution < 1.29 is 73.3 Å². The molecule has 0 radical (unpaired) electrons. The molecule has 4 rings (SSSR count). The maximum absolute atomic E-state index is 13.1. The van der Waals surface area contributed by atoms with Gasteiger partial charge < -0.3 is 61.2 Å². The molecule has 23 nitrogen and oxygen atoms in total. The maximum atomic E-state index is 13.1. The average molecular weight is 752 g/mol. The molecule has 2 unspecified atom stereocenters. The lowest BCUT2D eigenvalue weighted by Crippen LogP contribution is -2.67. The molecule has 2 aromatic heterocycles. The van der Waals surface area contributed by atoms with Gasteiger partial charge >= 0.3 is 19.5 Å². The maximum Gasteiger partial charge on any atom is 0.475 e. The number of phosphoric acid groups is 1. The van der Waals surface area contributed by atoms with Crippen molar-refractivity contribution in [2.75, 3.05) is 12.3 Å². The molecule has 1 amide bonds. The van der Waals surface area contributed by atoms with E-state index >= 15 is 0 Å². The number of nitrogen functional groups attached to an aromatic ring is 1. The number of nitrogens with zero attached hydrogens (tertiary/aromatic N) is 5. The van der Waals surface area contributed by atoms with Crippen LogP contribution in [0.4, 0.5) is 5.82 Å². The Morgan fingerprint density at radius 2 is 1.90 bits per heavy atom. The number of nitrogens with two attached hydrogens (primary N) is 1. The van der Waals surface area contributed by atoms with Gasteiger partial charge in [-0.25, -0.2) is 23.4 Å². The van der Waals surface area contributed by atoms with Gasteiger partial charge in [0.2, 0.25) is 5.91 Å². The molecule has 2 aromatic rings. The van der Waals surface area contributed by atoms with Crippen molar-refractivity contribution in [3.63, 3.8) is 0 Å². The minimum Gasteiger partial charge on any atom is -0.477 e. The first kappa shape index (κ1) is 40.3. The summed E-state index contributed by atoms with van der Waals surface area (Å²) in [6, 6.07) is -0.384. The van der Waals surface area contributed by atoms with Crippen LogP contribution in [0.25, 0.3) is 0 Å². The quantitative estimate of drug-likeness (QED) is 0.0777. The zero-order chi connectivity index (χ0) is 38.0. The number of phosphoric ester groups is 1. The molecule has 4 heterocycles. The highest BCUT2D eigenvalue weighted by atomic mass is 31.2. The number of amides is 1. The Balaban J connectivity index is 1.50. The third kappa shape index (κ3) is 9.51. The molecule has 0 aromatic carbocycles. The van der Waals surface area contributed by atoms with Crippen molar-refractivity contribution in [1.29, 1.82) is 0 Å². The Labute approximate surface area is 288 Å². The summed E-state index contributed by atoms with van der Waals surface area (Å²) in [7, 11) is -5.58. The lowest BCUT2D eigenvalue weighted by Gasteiger charge is -2.46. The van der Waals surface area contributed by atoms with Gasteiger partial charge in [0.25, 0.3) is 5.79 Å². The van der Waals surface area contributed by atoms with Crippen molar-refractivity contribution in [3.8, 4) is 0 Å². The molecule has 2 saturated heterocycles. The molecule has 0 aliphatic carbocycles. The van der Waals surface area contributed by atoms with E-state index in [4.69, 9.17) is 24.3 Å². The third-order valence-electron chi connectivity index (χ3n) is 8.09. The number of nitrogens with one attached hydrogen (secondary N) is 1. The van der Waals surface area contributed by atoms with Gasteiger partial charge in [-0.3, -0.25) is 13.9 Å². The molecule has 0 bridgehead atoms. The van der Waals surface area contributed by atoms with Crippen LogP contribution in [-0.4, -0.2) is 138 Å². The Hall–Kier alpha value is -3.45. The monoisotopic (exact) mass is 751 g/mol. The summed E-state index contributed by atoms with van der Waals surface area (Å²) < 4.78 is 35.7. The van der Waals surface area contributed by atoms with Crippen molar-refractivity contribution in [1.82, 2.24) is 29.9 Å². The summed E-state index contributed by atoms with van der Waals surface area (Å²) in [5.41, 5.74) is 4.67. The lowest BCUT2D eigenvalue weighted by atomic mass is 9.88. The number of hydrogen-bond donors (Lipinski definition) is 10. The van der Waals surface area contributed by atoms with E-state index in [0.717, 1.165) is 22.4 Å². The molecule has 0 spiro atoms. The van der Waals surface area contributed by atoms with Crippen LogP contribution in [0, 0.1) is 5.92 Å². The summed E-state index contributed by atoms with van der Waals surface area (Å²) in [6.07, 6.45) is -14.0. The summed E-state index contributed by atoms with van der Waals surface area (Å²) in [5, 5.41) is 84.2. The van der Waals surface area contributed by atoms with Gasteiger partial charge in [0.15, 0.2) is 6.23 Å². The average Bonchev–Trinajstić information content (AvgIpc) is 3.60. The third-order valence-corrected chi connectivity index (χ3v) is 9.09. The molecule has 0 saturated carbocycles. The van der Waals surface area contributed by atoms with E-state index < -0.39 is 112 Å². The van der Waals surface area contributed by atoms with Crippen LogP contribution < -0.4 is 16.7 Å². The van der Waals surface area contributed by atoms with E-state index in [1.807, 2.05) is 13.8 Å². The van der Waals surface area contributed by atoms with Crippen molar-refractivity contribution in [2.45, 2.75) is 107 Å². The van der Waals surface area contributed by atoms with Gasteiger partial charge in [-0.1, -0.05) is 19.1 Å². The van der Waals surface area contributed by atoms with Crippen LogP contribution in [0.1, 0.15) is 51.6 Å². The van der Waals surface area contributed by atoms with Crippen LogP contribution in [0.3, 0.4) is 0 Å². The SMILES string of the molecule is CC(=O)N[C@H]1[C@H]([C@H](O)[C@H](O)Cn2cc(C(O)CC(C)C)nn2)O[C@](OP(=O)(O)OC[C@H]2O[C@@H](n3ccc(N)nc3=O)[C@H](O)[C@@H]2O)(C(=O)O)C[C@@H]1O. The molecule has 24 heteroatoms. The Morgan fingerprint density at radius 1 is 1.22 bits per heavy atom. The summed E-state index contributed by atoms with van der Waals surface area (Å²) >= 11 is 0. The fourth-order valence-electron chi connectivity index (χ4n) is 5.63. The van der Waals surface area contributed by atoms with Gasteiger partial charge in [0.1, 0.15) is 48.1 Å². The number of aliphatic carboxylic acids is 1. The van der Waals surface area contributed by atoms with Crippen LogP contribution in [0.5, 0.6) is 0 Å². The van der Waals surface area contributed by atoms with Gasteiger partial charge in [0.05, 0.1) is 37.6 Å². The summed E-state index contributed by atoms with van der Waals surface area (Å²) in [6.45, 7) is 3.26. The summed E-state index contributed by atoms with van der Waals surface area (Å²) in [4.78, 5) is 50.8. The fraction of sp³-hybridized carbons (Fsp3) is 0.704. The van der Waals surface area contributed by atoms with Crippen molar-refractivity contribution in [3.05, 3.63) is 34.6 Å². The number of rotatable bonds is 15. The first-order valence-corrected chi connectivity index (χ1v) is 17.1. The second-order valence-corrected chi connectivity index (χ2v) is 14.0. The number of anilines is 1. The predicted molar refractivity (Wildman–Crippen MR) is 166 cm³/mol. The molecular formula is C27H42N7O16P. The standard InChI is InChI=1S/C27H42N7O16P/c1-11(2)6-14(36)13-8-33(32-31-13)9-16(38)20(39)23-19(29-12(3)35)15(37)7-27(49-23,25(42)43)50-51(45,46)47-10-17-21(40)22(41)24(48-17)34-5-4-18(28)30-26(34)44/h4-5,8,11,14-17,19-24,36-41H,6-7,9-10H2,1-3H3,(H,29,35)(H,42,43)(H,45,46)(H2,28,30,44)/t14?,15-,16+,17+,19+,20+,21+,22+,23+,24+,27+/m0/s1. The highest BCUT2D eigenvalue weighted by Gasteiger charge is 2.59. The van der Waals surface area contributed by atoms with E-state index in [-0.39, 0.29) is 17.4 Å². The highest BCUT2D eigenvalue weighted by Crippen LogP contribution is 2.51. The Kier molecular flexibility index (Phi) is 12.7. The second kappa shape index (κ2) is 16.1. The normalized spacial score (nSPS) is 31.2. The first-order chi connectivity index (χ1) is 23.7. The minimum absolute atomic E-state index is 0.114. The number of hydrogen-bond acceptors (Lipinski definition) is 18. The number of carbonyl (C=O) groups excluding carboxylic acids is 1. The second-order valence-electron chi connectivity index (χ2n) is 12.7. The van der Waals surface area contributed by atoms with E-state index in [2.05, 4.69) is 20.6 Å². The molecule has 12 atom stereocenters. The van der Waals surface area contributed by atoms with Gasteiger partial charge in [-0.15, -0.1) is 5.10 Å². The molecule has 2 fully saturated rings. The van der Waals surface area contributed by atoms with Crippen LogP contribution in [0.2, 0.25) is 0 Å². The van der Waals surface area contributed by atoms with Crippen molar-refractivity contribution >= 4 is 25.5 Å². The number of aliphatic hydroxyl groups excluding tert-OH is 6. The van der Waals surface area contributed by atoms with E-state index in [0.29, 0.717) is 6.42 Å². The number of ether oxygens (including phenoxy) is 2. The zero-order valence-electron chi connectivity index (χ0n) is 27.5. The Bertz CT molecular complexity index is 1640. The molecule has 2 aliphatic rings. The number of carboxylic acids is 1. The summed E-state index contributed by atoms with van der Waals surface area (Å²) in [5.74, 6) is -6.12. The molecule has 2 aliphatic heterocycles. The van der Waals surface area contributed by atoms with Crippen LogP contribution in [-0.2, 0) is 39.2 Å². The largest absolute Gasteiger partial charge is 0.477 e. The van der Waals surface area contributed by atoms with Gasteiger partial charge in [-0.2, -0.15) is 4.98 Å². The topological polar surface area (TPSA) is 354 Å². The van der Waals surface area contributed by atoms with E-state index in [1.165, 1.54) is 12.3 Å². The molecular weight excluding hydrogens is 709 g/mol. The van der Waals surface area contributed by atoms with Crippen LogP contribution >= 0.6 is 7.82 Å². The highest BCUT2D eigenvalue weighted by molar-refractivity contribution is 7.47. The minimum atomic E-state index is -5.58. The van der Waals surface area contributed by atoms with Gasteiger partial charge in [-0.05, 0) is 18.4 Å². The number of carbonyl (C=O) groups is 2. The van der Waals surface area contributed by atoms with Crippen LogP contribution in [0.15, 0.2) is 23.3 Å². The number of aromatic nitrogens is 5. The van der Waals surface area contributed by atoms with Gasteiger partial charge in [0, 0.05) is 19.5 Å². The molecule has 11 N–H and O–H groups in total. The van der Waals surface area contributed by atoms with E-state index in [1.54, 1.807) is 0 Å². The first-order valence-electron chi connectivity index (χ1n) is 15.6. The smallest absolute Gasteiger partial charge is 0.475 e. The fourth-order valence-corrected chi connectivity index (χ4v) is 6.59. The lowest BCUT2D eigenvalue weighted by molar-refractivity contribution is -0.288. The zero-order valence-corrected chi connectivity index (χ0v) is 28.4. The molecule has 286 valence electrons. The number of aliphatic hydroxyl groups is 6. The van der Waals surface area contributed by atoms with Crippen molar-refractivity contribution in [2.24, 2.45) is 5.92 Å².